The fourth-order valence-electron chi connectivity index (χ4n) is 3.39. The largest absolute Gasteiger partial charge is 0.309 e. The average Bonchev–Trinajstić information content (AvgIpc) is 2.85. The first-order valence-electron chi connectivity index (χ1n) is 8.66. The number of amidine groups is 1. The zero-order valence-corrected chi connectivity index (χ0v) is 15.4. The minimum absolute atomic E-state index is 0.0327. The van der Waals surface area contributed by atoms with Crippen molar-refractivity contribution in [3.63, 3.8) is 0 Å². The second-order valence-electron chi connectivity index (χ2n) is 6.45. The molecule has 3 rings (SSSR count). The normalized spacial score (nSPS) is 16.4. The summed E-state index contributed by atoms with van der Waals surface area (Å²) < 4.78 is 3.18. The van der Waals surface area contributed by atoms with Gasteiger partial charge in [0.2, 0.25) is 5.91 Å². The number of para-hydroxylation sites is 1. The van der Waals surface area contributed by atoms with Gasteiger partial charge in [-0.2, -0.15) is 4.99 Å². The Balaban J connectivity index is 2.17. The van der Waals surface area contributed by atoms with Crippen LogP contribution in [0.5, 0.6) is 0 Å². The summed E-state index contributed by atoms with van der Waals surface area (Å²) in [5.74, 6) is -0.855. The number of aromatic nitrogens is 2. The monoisotopic (exact) mass is 354 g/mol. The SMILES string of the molecule is CCC1(CC)C(=O)N=C(c2c(C)n(C)n(-c3ccccc3)c2=O)NC1=O. The highest BCUT2D eigenvalue weighted by Crippen LogP contribution is 2.31. The van der Waals surface area contributed by atoms with Gasteiger partial charge < -0.3 is 5.32 Å². The van der Waals surface area contributed by atoms with Crippen molar-refractivity contribution in [1.82, 2.24) is 14.7 Å². The lowest BCUT2D eigenvalue weighted by atomic mass is 9.79. The maximum atomic E-state index is 13.0. The molecule has 2 amide bonds. The molecule has 2 heterocycles. The number of amides is 2. The van der Waals surface area contributed by atoms with Crippen molar-refractivity contribution >= 4 is 17.6 Å². The molecule has 1 aromatic heterocycles. The van der Waals surface area contributed by atoms with E-state index in [1.54, 1.807) is 32.5 Å². The van der Waals surface area contributed by atoms with Crippen molar-refractivity contribution < 1.29 is 9.59 Å². The highest BCUT2D eigenvalue weighted by atomic mass is 16.2. The van der Waals surface area contributed by atoms with Crippen LogP contribution in [0.1, 0.15) is 37.9 Å². The molecule has 1 aliphatic heterocycles. The van der Waals surface area contributed by atoms with E-state index in [-0.39, 0.29) is 17.0 Å². The molecule has 1 aliphatic rings. The Bertz CT molecular complexity index is 963. The first-order chi connectivity index (χ1) is 12.4. The summed E-state index contributed by atoms with van der Waals surface area (Å²) >= 11 is 0. The third kappa shape index (κ3) is 2.42. The van der Waals surface area contributed by atoms with E-state index in [1.807, 2.05) is 30.3 Å². The molecular formula is C19H22N4O3. The van der Waals surface area contributed by atoms with Gasteiger partial charge in [0, 0.05) is 12.7 Å². The molecule has 26 heavy (non-hydrogen) atoms. The van der Waals surface area contributed by atoms with Crippen LogP contribution in [-0.4, -0.2) is 27.0 Å². The van der Waals surface area contributed by atoms with Crippen LogP contribution in [0.2, 0.25) is 0 Å². The molecule has 0 saturated heterocycles. The molecule has 0 aliphatic carbocycles. The Morgan fingerprint density at radius 2 is 1.69 bits per heavy atom. The quantitative estimate of drug-likeness (QED) is 0.848. The van der Waals surface area contributed by atoms with E-state index in [4.69, 9.17) is 0 Å². The molecule has 7 heteroatoms. The van der Waals surface area contributed by atoms with E-state index in [1.165, 1.54) is 4.68 Å². The smallest absolute Gasteiger partial charge is 0.282 e. The number of benzene rings is 1. The molecule has 0 spiro atoms. The highest BCUT2D eigenvalue weighted by molar-refractivity contribution is 6.23. The fourth-order valence-corrected chi connectivity index (χ4v) is 3.39. The molecule has 0 bridgehead atoms. The van der Waals surface area contributed by atoms with E-state index in [9.17, 15) is 14.4 Å². The number of carbonyl (C=O) groups is 2. The van der Waals surface area contributed by atoms with Crippen LogP contribution < -0.4 is 10.9 Å². The molecule has 0 radical (unpaired) electrons. The Labute approximate surface area is 151 Å². The molecule has 136 valence electrons. The van der Waals surface area contributed by atoms with Gasteiger partial charge in [-0.25, -0.2) is 4.68 Å². The second kappa shape index (κ2) is 6.40. The van der Waals surface area contributed by atoms with Crippen molar-refractivity contribution in [1.29, 1.82) is 0 Å². The Morgan fingerprint density at radius 3 is 2.23 bits per heavy atom. The van der Waals surface area contributed by atoms with E-state index in [0.717, 1.165) is 0 Å². The summed E-state index contributed by atoms with van der Waals surface area (Å²) in [7, 11) is 1.75. The van der Waals surface area contributed by atoms with Gasteiger partial charge in [0.1, 0.15) is 11.0 Å². The van der Waals surface area contributed by atoms with Crippen LogP contribution in [-0.2, 0) is 16.6 Å². The summed E-state index contributed by atoms with van der Waals surface area (Å²) in [6.45, 7) is 5.34. The maximum Gasteiger partial charge on any atom is 0.282 e. The summed E-state index contributed by atoms with van der Waals surface area (Å²) in [5.41, 5.74) is 0.0680. The Kier molecular flexibility index (Phi) is 4.39. The fraction of sp³-hybridized carbons (Fsp3) is 0.368. The predicted octanol–water partition coefficient (Wildman–Crippen LogP) is 1.69. The molecule has 1 N–H and O–H groups in total. The number of nitrogens with one attached hydrogen (secondary N) is 1. The predicted molar refractivity (Wildman–Crippen MR) is 98.4 cm³/mol. The van der Waals surface area contributed by atoms with Gasteiger partial charge in [-0.15, -0.1) is 0 Å². The molecule has 0 saturated carbocycles. The van der Waals surface area contributed by atoms with Crippen LogP contribution in [0.15, 0.2) is 40.1 Å². The van der Waals surface area contributed by atoms with E-state index < -0.39 is 17.2 Å². The van der Waals surface area contributed by atoms with E-state index >= 15 is 0 Å². The van der Waals surface area contributed by atoms with Crippen LogP contribution >= 0.6 is 0 Å². The lowest BCUT2D eigenvalue weighted by Crippen LogP contribution is -2.53. The van der Waals surface area contributed by atoms with Gasteiger partial charge in [0.25, 0.3) is 11.5 Å². The number of hydrogen-bond acceptors (Lipinski definition) is 3. The third-order valence-electron chi connectivity index (χ3n) is 5.29. The molecule has 2 aromatic rings. The molecule has 0 unspecified atom stereocenters. The van der Waals surface area contributed by atoms with Crippen LogP contribution in [0, 0.1) is 12.3 Å². The lowest BCUT2D eigenvalue weighted by molar-refractivity contribution is -0.142. The summed E-state index contributed by atoms with van der Waals surface area (Å²) in [6.07, 6.45) is 0.736. The second-order valence-corrected chi connectivity index (χ2v) is 6.45. The first-order valence-corrected chi connectivity index (χ1v) is 8.66. The van der Waals surface area contributed by atoms with Gasteiger partial charge >= 0.3 is 0 Å². The van der Waals surface area contributed by atoms with Crippen molar-refractivity contribution in [2.45, 2.75) is 33.6 Å². The van der Waals surface area contributed by atoms with Gasteiger partial charge in [-0.05, 0) is 31.9 Å². The lowest BCUT2D eigenvalue weighted by Gasteiger charge is -2.30. The van der Waals surface area contributed by atoms with Crippen LogP contribution in [0.3, 0.4) is 0 Å². The van der Waals surface area contributed by atoms with Crippen LogP contribution in [0.4, 0.5) is 0 Å². The number of nitrogens with zero attached hydrogens (tertiary/aromatic N) is 3. The van der Waals surface area contributed by atoms with Gasteiger partial charge in [0.15, 0.2) is 5.84 Å². The van der Waals surface area contributed by atoms with Crippen LogP contribution in [0.25, 0.3) is 5.69 Å². The minimum Gasteiger partial charge on any atom is -0.309 e. The zero-order valence-electron chi connectivity index (χ0n) is 15.4. The molecule has 7 nitrogen and oxygen atoms in total. The van der Waals surface area contributed by atoms with Crippen molar-refractivity contribution in [2.75, 3.05) is 0 Å². The molecule has 0 fully saturated rings. The zero-order chi connectivity index (χ0) is 19.1. The van der Waals surface area contributed by atoms with Gasteiger partial charge in [-0.3, -0.25) is 19.1 Å². The maximum absolute atomic E-state index is 13.0. The average molecular weight is 354 g/mol. The standard InChI is InChI=1S/C19H22N4O3/c1-5-19(6-2)17(25)20-15(21-18(19)26)14-12(3)22(4)23(16(14)24)13-10-8-7-9-11-13/h7-11H,5-6H2,1-4H3,(H,20,21,25,26). The summed E-state index contributed by atoms with van der Waals surface area (Å²) in [5, 5.41) is 2.69. The van der Waals surface area contributed by atoms with Crippen molar-refractivity contribution in [3.8, 4) is 5.69 Å². The third-order valence-corrected chi connectivity index (χ3v) is 5.29. The molecule has 1 aromatic carbocycles. The van der Waals surface area contributed by atoms with Crippen molar-refractivity contribution in [3.05, 3.63) is 51.9 Å². The summed E-state index contributed by atoms with van der Waals surface area (Å²) in [4.78, 5) is 42.3. The number of carbonyl (C=O) groups excluding carboxylic acids is 2. The number of aliphatic imine (C=N–C) groups is 1. The Morgan fingerprint density at radius 1 is 1.08 bits per heavy atom. The summed E-state index contributed by atoms with van der Waals surface area (Å²) in [6, 6.07) is 9.17. The first kappa shape index (κ1) is 17.8. The van der Waals surface area contributed by atoms with Crippen molar-refractivity contribution in [2.24, 2.45) is 17.5 Å². The topological polar surface area (TPSA) is 85.5 Å². The molecular weight excluding hydrogens is 332 g/mol. The number of hydrogen-bond donors (Lipinski definition) is 1. The minimum atomic E-state index is -1.15. The highest BCUT2D eigenvalue weighted by Gasteiger charge is 2.46. The van der Waals surface area contributed by atoms with E-state index in [0.29, 0.717) is 24.2 Å². The molecule has 0 atom stereocenters. The number of rotatable bonds is 4. The van der Waals surface area contributed by atoms with E-state index in [2.05, 4.69) is 10.3 Å². The van der Waals surface area contributed by atoms with Gasteiger partial charge in [-0.1, -0.05) is 32.0 Å². The Hall–Kier alpha value is -2.96. The van der Waals surface area contributed by atoms with Gasteiger partial charge in [0.05, 0.1) is 5.69 Å².